The van der Waals surface area contributed by atoms with Crippen LogP contribution in [0.25, 0.3) is 0 Å². The minimum Gasteiger partial charge on any atom is -0.481 e. The number of aromatic nitrogens is 1. The third kappa shape index (κ3) is 5.80. The number of nitrogens with zero attached hydrogens (tertiary/aromatic N) is 3. The minimum absolute atomic E-state index is 0.00142. The van der Waals surface area contributed by atoms with Gasteiger partial charge >= 0.3 is 5.97 Å². The van der Waals surface area contributed by atoms with E-state index in [9.17, 15) is 9.18 Å². The van der Waals surface area contributed by atoms with Crippen molar-refractivity contribution in [2.75, 3.05) is 26.3 Å². The summed E-state index contributed by atoms with van der Waals surface area (Å²) in [4.78, 5) is 24.6. The largest absolute Gasteiger partial charge is 0.481 e. The number of carbonyl (C=O) groups is 1. The predicted octanol–water partition coefficient (Wildman–Crippen LogP) is 4.41. The predicted molar refractivity (Wildman–Crippen MR) is 134 cm³/mol. The van der Waals surface area contributed by atoms with Gasteiger partial charge in [0.25, 0.3) is 0 Å². The van der Waals surface area contributed by atoms with Crippen LogP contribution in [-0.2, 0) is 9.53 Å². The number of aryl methyl sites for hydroxylation is 1. The molecule has 2 aromatic rings. The van der Waals surface area contributed by atoms with Crippen molar-refractivity contribution in [3.8, 4) is 0 Å². The summed E-state index contributed by atoms with van der Waals surface area (Å²) >= 11 is 4.91. The molecule has 10 heteroatoms. The molecule has 0 aliphatic carbocycles. The zero-order chi connectivity index (χ0) is 24.1. The number of aliphatic imine (C=N–C) groups is 1. The maximum absolute atomic E-state index is 13.9. The van der Waals surface area contributed by atoms with E-state index in [-0.39, 0.29) is 24.3 Å². The monoisotopic (exact) mass is 548 g/mol. The molecule has 2 atom stereocenters. The molecule has 2 aliphatic heterocycles. The number of thiazole rings is 1. The molecule has 180 valence electrons. The van der Waals surface area contributed by atoms with Gasteiger partial charge in [-0.3, -0.25) is 14.7 Å². The second kappa shape index (κ2) is 11.4. The molecule has 2 unspecified atom stereocenters. The van der Waals surface area contributed by atoms with Crippen LogP contribution in [0.2, 0.25) is 0 Å². The third-order valence-electron chi connectivity index (χ3n) is 5.98. The summed E-state index contributed by atoms with van der Waals surface area (Å²) in [6, 6.07) is 4.43. The van der Waals surface area contributed by atoms with Crippen molar-refractivity contribution in [2.24, 2.45) is 4.99 Å². The Labute approximate surface area is 210 Å². The highest BCUT2D eigenvalue weighted by Crippen LogP contribution is 2.35. The molecular formula is C24H26BrFN4O3S. The highest BCUT2D eigenvalue weighted by atomic mass is 79.9. The highest BCUT2D eigenvalue weighted by molar-refractivity contribution is 9.11. The van der Waals surface area contributed by atoms with Gasteiger partial charge in [0.1, 0.15) is 11.9 Å². The Kier molecular flexibility index (Phi) is 8.25. The molecule has 34 heavy (non-hydrogen) atoms. The average molecular weight is 549 g/mol. The molecule has 1 aromatic heterocycles. The summed E-state index contributed by atoms with van der Waals surface area (Å²) in [5, 5.41) is 15.3. The van der Waals surface area contributed by atoms with E-state index < -0.39 is 5.97 Å². The lowest BCUT2D eigenvalue weighted by Crippen LogP contribution is -2.48. The van der Waals surface area contributed by atoms with Crippen LogP contribution in [0.15, 0.2) is 57.1 Å². The lowest BCUT2D eigenvalue weighted by molar-refractivity contribution is -0.137. The van der Waals surface area contributed by atoms with Gasteiger partial charge in [-0.15, -0.1) is 11.3 Å². The van der Waals surface area contributed by atoms with Gasteiger partial charge in [-0.1, -0.05) is 22.0 Å². The summed E-state index contributed by atoms with van der Waals surface area (Å²) < 4.78 is 19.5. The minimum atomic E-state index is -0.812. The van der Waals surface area contributed by atoms with Crippen molar-refractivity contribution in [1.29, 1.82) is 0 Å². The van der Waals surface area contributed by atoms with Crippen LogP contribution >= 0.6 is 27.3 Å². The number of ether oxygens (including phenoxy) is 1. The first-order valence-electron chi connectivity index (χ1n) is 11.0. The molecule has 1 fully saturated rings. The molecule has 0 saturated carbocycles. The fourth-order valence-corrected chi connectivity index (χ4v) is 5.16. The fraction of sp³-hybridized carbons (Fsp3) is 0.375. The van der Waals surface area contributed by atoms with Gasteiger partial charge in [0.05, 0.1) is 13.2 Å². The van der Waals surface area contributed by atoms with E-state index in [1.165, 1.54) is 23.5 Å². The lowest BCUT2D eigenvalue weighted by Gasteiger charge is -2.38. The van der Waals surface area contributed by atoms with Crippen LogP contribution in [0.1, 0.15) is 35.0 Å². The van der Waals surface area contributed by atoms with E-state index in [1.54, 1.807) is 17.2 Å². The Hall–Kier alpha value is -2.40. The number of carboxylic acid groups (broad SMARTS) is 1. The van der Waals surface area contributed by atoms with Crippen molar-refractivity contribution in [3.05, 3.63) is 74.1 Å². The number of morpholine rings is 1. The number of rotatable bonds is 8. The maximum atomic E-state index is 13.9. The zero-order valence-electron chi connectivity index (χ0n) is 18.7. The first-order chi connectivity index (χ1) is 16.5. The van der Waals surface area contributed by atoms with Crippen molar-refractivity contribution >= 4 is 39.1 Å². The first kappa shape index (κ1) is 24.7. The highest BCUT2D eigenvalue weighted by Gasteiger charge is 2.31. The van der Waals surface area contributed by atoms with Crippen molar-refractivity contribution < 1.29 is 19.0 Å². The summed E-state index contributed by atoms with van der Waals surface area (Å²) in [7, 11) is 0. The summed E-state index contributed by atoms with van der Waals surface area (Å²) in [6.07, 6.45) is 4.31. The second-order valence-electron chi connectivity index (χ2n) is 8.20. The van der Waals surface area contributed by atoms with Gasteiger partial charge < -0.3 is 15.2 Å². The first-order valence-corrected chi connectivity index (χ1v) is 12.8. The third-order valence-corrected chi connectivity index (χ3v) is 7.02. The van der Waals surface area contributed by atoms with Gasteiger partial charge in [-0.05, 0) is 47.7 Å². The number of nitrogens with one attached hydrogen (secondary N) is 1. The van der Waals surface area contributed by atoms with Crippen LogP contribution in [0.4, 0.5) is 4.39 Å². The van der Waals surface area contributed by atoms with Crippen molar-refractivity contribution in [3.63, 3.8) is 0 Å². The second-order valence-corrected chi connectivity index (χ2v) is 9.62. The number of aliphatic carboxylic acids is 1. The van der Waals surface area contributed by atoms with Gasteiger partial charge in [-0.25, -0.2) is 9.37 Å². The van der Waals surface area contributed by atoms with E-state index in [4.69, 9.17) is 14.8 Å². The molecule has 0 amide bonds. The fourth-order valence-electron chi connectivity index (χ4n) is 4.29. The van der Waals surface area contributed by atoms with E-state index in [2.05, 4.69) is 31.1 Å². The molecule has 2 aliphatic rings. The molecular weight excluding hydrogens is 523 g/mol. The molecule has 0 radical (unpaired) electrons. The van der Waals surface area contributed by atoms with Crippen LogP contribution in [0.3, 0.4) is 0 Å². The van der Waals surface area contributed by atoms with E-state index in [0.29, 0.717) is 38.6 Å². The number of carboxylic acids is 1. The lowest BCUT2D eigenvalue weighted by atomic mass is 9.92. The van der Waals surface area contributed by atoms with Crippen LogP contribution < -0.4 is 5.32 Å². The molecule has 7 nitrogen and oxygen atoms in total. The van der Waals surface area contributed by atoms with Gasteiger partial charge in [0.15, 0.2) is 10.8 Å². The Morgan fingerprint density at radius 1 is 1.47 bits per heavy atom. The van der Waals surface area contributed by atoms with E-state index in [0.717, 1.165) is 27.4 Å². The van der Waals surface area contributed by atoms with Gasteiger partial charge in [-0.2, -0.15) is 0 Å². The number of benzene rings is 1. The summed E-state index contributed by atoms with van der Waals surface area (Å²) in [5.41, 5.74) is 3.64. The molecule has 4 rings (SSSR count). The van der Waals surface area contributed by atoms with Crippen molar-refractivity contribution in [2.45, 2.75) is 31.8 Å². The molecule has 3 heterocycles. The Morgan fingerprint density at radius 3 is 3.03 bits per heavy atom. The number of halogens is 2. The molecule has 1 aromatic carbocycles. The Bertz CT molecular complexity index is 1120. The van der Waals surface area contributed by atoms with Crippen LogP contribution in [0.5, 0.6) is 0 Å². The summed E-state index contributed by atoms with van der Waals surface area (Å²) in [5.74, 6) is -0.426. The normalized spacial score (nSPS) is 21.6. The smallest absolute Gasteiger partial charge is 0.303 e. The van der Waals surface area contributed by atoms with Crippen LogP contribution in [-0.4, -0.2) is 59.1 Å². The van der Waals surface area contributed by atoms with Crippen LogP contribution in [0, 0.1) is 12.7 Å². The maximum Gasteiger partial charge on any atom is 0.303 e. The average Bonchev–Trinajstić information content (AvgIpc) is 3.35. The zero-order valence-corrected chi connectivity index (χ0v) is 21.1. The molecule has 0 bridgehead atoms. The molecule has 1 saturated heterocycles. The summed E-state index contributed by atoms with van der Waals surface area (Å²) in [6.45, 7) is 4.25. The number of hydrogen-bond donors (Lipinski definition) is 2. The van der Waals surface area contributed by atoms with Gasteiger partial charge in [0.2, 0.25) is 0 Å². The Balaban J connectivity index is 1.73. The topological polar surface area (TPSA) is 87.0 Å². The molecule has 0 spiro atoms. The standard InChI is InChI=1S/C24H26BrFN4O3S/c1-15-12-16(26)2-4-18(15)22-19(6-7-25)20(28-23(29-22)24-27-8-11-34-24)13-30-9-10-33-14-17(30)3-5-21(31)32/h2,4,6-8,11-12,17,22H,3,5,9-10,13-14H2,1H3,(H,28,29)(H,31,32)/b7-6+. The van der Waals surface area contributed by atoms with Gasteiger partial charge in [0, 0.05) is 48.4 Å². The van der Waals surface area contributed by atoms with E-state index >= 15 is 0 Å². The number of amidine groups is 1. The molecule has 2 N–H and O–H groups in total. The Morgan fingerprint density at radius 2 is 2.32 bits per heavy atom. The quantitative estimate of drug-likeness (QED) is 0.508. The van der Waals surface area contributed by atoms with Crippen molar-refractivity contribution in [1.82, 2.24) is 15.2 Å². The number of hydrogen-bond acceptors (Lipinski definition) is 7. The van der Waals surface area contributed by atoms with E-state index in [1.807, 2.05) is 18.4 Å². The SMILES string of the molecule is Cc1cc(F)ccc1C1N=C(c2nccs2)NC(CN2CCOCC2CCC(=O)O)=C1/C=C/Br.